The van der Waals surface area contributed by atoms with E-state index in [1.54, 1.807) is 0 Å². The summed E-state index contributed by atoms with van der Waals surface area (Å²) in [6, 6.07) is 0. The van der Waals surface area contributed by atoms with E-state index in [4.69, 9.17) is 10.2 Å². The summed E-state index contributed by atoms with van der Waals surface area (Å²) in [6.45, 7) is -0.0853. The van der Waals surface area contributed by atoms with E-state index in [0.717, 1.165) is 0 Å². The monoisotopic (exact) mass is 168 g/mol. The molecule has 0 bridgehead atoms. The second-order valence-corrected chi connectivity index (χ2v) is 2.94. The van der Waals surface area contributed by atoms with E-state index < -0.39 is 6.10 Å². The Bertz CT molecular complexity index is 70.0. The topological polar surface area (TPSA) is 40.5 Å². The Hall–Kier alpha value is 0.620. The summed E-state index contributed by atoms with van der Waals surface area (Å²) in [5.74, 6) is 0.623. The third-order valence-electron chi connectivity index (χ3n) is 1.06. The molecular weight excluding hydrogens is 156 g/mol. The molecule has 0 heterocycles. The molecule has 0 aromatic rings. The van der Waals surface area contributed by atoms with Gasteiger partial charge >= 0.3 is 0 Å². The molecule has 2 unspecified atom stereocenters. The standard InChI is InChI=1S/C5H12O2S2/c6-3-5(9)4(7)1-2-8/h4-9H,1-3H2. The fourth-order valence-corrected chi connectivity index (χ4v) is 0.860. The summed E-state index contributed by atoms with van der Waals surface area (Å²) >= 11 is 7.84. The minimum absolute atomic E-state index is 0.0853. The minimum Gasteiger partial charge on any atom is -0.395 e. The number of thiol groups is 2. The lowest BCUT2D eigenvalue weighted by Gasteiger charge is -2.13. The highest BCUT2D eigenvalue weighted by molar-refractivity contribution is 7.81. The van der Waals surface area contributed by atoms with Crippen molar-refractivity contribution in [3.05, 3.63) is 0 Å². The lowest BCUT2D eigenvalue weighted by atomic mass is 10.2. The lowest BCUT2D eigenvalue weighted by molar-refractivity contribution is 0.139. The highest BCUT2D eigenvalue weighted by Crippen LogP contribution is 2.05. The van der Waals surface area contributed by atoms with Crippen LogP contribution in [0.1, 0.15) is 6.42 Å². The molecule has 0 amide bonds. The molecule has 0 aliphatic rings. The van der Waals surface area contributed by atoms with Crippen molar-refractivity contribution >= 4 is 25.3 Å². The quantitative estimate of drug-likeness (QED) is 0.445. The van der Waals surface area contributed by atoms with Crippen LogP contribution in [0.15, 0.2) is 0 Å². The molecule has 0 aromatic heterocycles. The number of hydrogen-bond donors (Lipinski definition) is 4. The van der Waals surface area contributed by atoms with Gasteiger partial charge in [-0.25, -0.2) is 0 Å². The highest BCUT2D eigenvalue weighted by Gasteiger charge is 2.11. The highest BCUT2D eigenvalue weighted by atomic mass is 32.1. The normalized spacial score (nSPS) is 17.3. The molecule has 2 nitrogen and oxygen atoms in total. The number of hydrogen-bond acceptors (Lipinski definition) is 4. The van der Waals surface area contributed by atoms with Crippen LogP contribution in [0.2, 0.25) is 0 Å². The summed E-state index contributed by atoms with van der Waals surface area (Å²) in [5, 5.41) is 17.2. The van der Waals surface area contributed by atoms with Gasteiger partial charge in [0.05, 0.1) is 18.0 Å². The Morgan fingerprint density at radius 2 is 2.00 bits per heavy atom. The molecule has 2 N–H and O–H groups in total. The van der Waals surface area contributed by atoms with Crippen molar-refractivity contribution < 1.29 is 10.2 Å². The van der Waals surface area contributed by atoms with Crippen LogP contribution in [0, 0.1) is 0 Å². The molecule has 0 saturated heterocycles. The summed E-state index contributed by atoms with van der Waals surface area (Å²) in [6.07, 6.45) is 0.0496. The van der Waals surface area contributed by atoms with Gasteiger partial charge in [0.2, 0.25) is 0 Å². The van der Waals surface area contributed by atoms with Gasteiger partial charge in [0.15, 0.2) is 0 Å². The van der Waals surface area contributed by atoms with Gasteiger partial charge in [0, 0.05) is 0 Å². The smallest absolute Gasteiger partial charge is 0.0686 e. The average molecular weight is 168 g/mol. The molecule has 0 aromatic carbocycles. The van der Waals surface area contributed by atoms with Crippen LogP contribution in [0.5, 0.6) is 0 Å². The molecule has 0 fully saturated rings. The third-order valence-corrected chi connectivity index (χ3v) is 1.82. The van der Waals surface area contributed by atoms with E-state index in [1.807, 2.05) is 0 Å². The van der Waals surface area contributed by atoms with Crippen LogP contribution < -0.4 is 0 Å². The van der Waals surface area contributed by atoms with Gasteiger partial charge < -0.3 is 10.2 Å². The summed E-state index contributed by atoms with van der Waals surface area (Å²) in [5.41, 5.74) is 0. The van der Waals surface area contributed by atoms with Crippen molar-refractivity contribution in [1.82, 2.24) is 0 Å². The van der Waals surface area contributed by atoms with Crippen LogP contribution in [-0.4, -0.2) is 33.9 Å². The second kappa shape index (κ2) is 5.41. The number of aliphatic hydroxyl groups excluding tert-OH is 2. The van der Waals surface area contributed by atoms with Gasteiger partial charge in [-0.05, 0) is 12.2 Å². The number of aliphatic hydroxyl groups is 2. The maximum atomic E-state index is 9.03. The van der Waals surface area contributed by atoms with Gasteiger partial charge in [-0.3, -0.25) is 0 Å². The second-order valence-electron chi connectivity index (χ2n) is 1.83. The van der Waals surface area contributed by atoms with E-state index in [2.05, 4.69) is 25.3 Å². The van der Waals surface area contributed by atoms with Gasteiger partial charge in [-0.15, -0.1) is 0 Å². The van der Waals surface area contributed by atoms with E-state index in [9.17, 15) is 0 Å². The van der Waals surface area contributed by atoms with Crippen molar-refractivity contribution in [2.75, 3.05) is 12.4 Å². The predicted molar refractivity (Wildman–Crippen MR) is 44.3 cm³/mol. The predicted octanol–water partition coefficient (Wildman–Crippen LogP) is -0.0421. The Morgan fingerprint density at radius 1 is 1.44 bits per heavy atom. The molecule has 56 valence electrons. The first-order valence-corrected chi connectivity index (χ1v) is 3.95. The zero-order valence-corrected chi connectivity index (χ0v) is 6.85. The van der Waals surface area contributed by atoms with Gasteiger partial charge in [0.25, 0.3) is 0 Å². The average Bonchev–Trinajstić information content (AvgIpc) is 1.87. The first-order chi connectivity index (χ1) is 4.22. The molecular formula is C5H12O2S2. The van der Waals surface area contributed by atoms with Crippen molar-refractivity contribution in [2.24, 2.45) is 0 Å². The first-order valence-electron chi connectivity index (χ1n) is 2.80. The Morgan fingerprint density at radius 3 is 2.33 bits per heavy atom. The molecule has 0 spiro atoms. The fourth-order valence-electron chi connectivity index (χ4n) is 0.446. The molecule has 9 heavy (non-hydrogen) atoms. The summed E-state index contributed by atoms with van der Waals surface area (Å²) in [4.78, 5) is 0. The SMILES string of the molecule is OCC(S)C(O)CCS. The molecule has 0 rings (SSSR count). The molecule has 0 saturated carbocycles. The van der Waals surface area contributed by atoms with E-state index in [0.29, 0.717) is 12.2 Å². The minimum atomic E-state index is -0.532. The third kappa shape index (κ3) is 4.08. The van der Waals surface area contributed by atoms with Crippen LogP contribution in [0.4, 0.5) is 0 Å². The fraction of sp³-hybridized carbons (Fsp3) is 1.00. The molecule has 2 atom stereocenters. The maximum absolute atomic E-state index is 9.03. The maximum Gasteiger partial charge on any atom is 0.0686 e. The lowest BCUT2D eigenvalue weighted by Crippen LogP contribution is -2.24. The first kappa shape index (κ1) is 9.62. The van der Waals surface area contributed by atoms with Crippen molar-refractivity contribution in [2.45, 2.75) is 17.8 Å². The van der Waals surface area contributed by atoms with Crippen molar-refractivity contribution in [1.29, 1.82) is 0 Å². The van der Waals surface area contributed by atoms with Crippen molar-refractivity contribution in [3.8, 4) is 0 Å². The van der Waals surface area contributed by atoms with Gasteiger partial charge in [-0.2, -0.15) is 25.3 Å². The van der Waals surface area contributed by atoms with Crippen molar-refractivity contribution in [3.63, 3.8) is 0 Å². The Balaban J connectivity index is 3.32. The van der Waals surface area contributed by atoms with Gasteiger partial charge in [0.1, 0.15) is 0 Å². The van der Waals surface area contributed by atoms with Crippen LogP contribution >= 0.6 is 25.3 Å². The zero-order chi connectivity index (χ0) is 7.28. The van der Waals surface area contributed by atoms with E-state index >= 15 is 0 Å². The largest absolute Gasteiger partial charge is 0.395 e. The van der Waals surface area contributed by atoms with E-state index in [-0.39, 0.29) is 11.9 Å². The summed E-state index contributed by atoms with van der Waals surface area (Å²) in [7, 11) is 0. The zero-order valence-electron chi connectivity index (χ0n) is 5.06. The van der Waals surface area contributed by atoms with Crippen LogP contribution in [0.25, 0.3) is 0 Å². The van der Waals surface area contributed by atoms with Crippen LogP contribution in [0.3, 0.4) is 0 Å². The van der Waals surface area contributed by atoms with Crippen LogP contribution in [-0.2, 0) is 0 Å². The Labute approximate surface area is 66.1 Å². The van der Waals surface area contributed by atoms with Gasteiger partial charge in [-0.1, -0.05) is 0 Å². The Kier molecular flexibility index (Phi) is 5.78. The molecule has 0 aliphatic heterocycles. The number of rotatable bonds is 4. The molecule has 0 aliphatic carbocycles. The van der Waals surface area contributed by atoms with E-state index in [1.165, 1.54) is 0 Å². The molecule has 0 radical (unpaired) electrons. The molecule has 4 heteroatoms. The summed E-state index contributed by atoms with van der Waals surface area (Å²) < 4.78 is 0.